The minimum atomic E-state index is -0.366. The Balaban J connectivity index is 1.62. The van der Waals surface area contributed by atoms with Crippen LogP contribution in [-0.2, 0) is 16.8 Å². The molecule has 2 heterocycles. The first kappa shape index (κ1) is 23.6. The molecule has 0 aliphatic carbocycles. The predicted molar refractivity (Wildman–Crippen MR) is 130 cm³/mol. The number of allylic oxidation sites excluding steroid dienone is 1. The second-order valence-electron chi connectivity index (χ2n) is 8.24. The van der Waals surface area contributed by atoms with Gasteiger partial charge in [-0.25, -0.2) is 4.98 Å². The molecule has 0 saturated heterocycles. The number of thiazole rings is 1. The normalized spacial score (nSPS) is 11.2. The fourth-order valence-electron chi connectivity index (χ4n) is 2.99. The number of aromatic nitrogens is 4. The topological polar surface area (TPSA) is 105 Å². The molecule has 32 heavy (non-hydrogen) atoms. The van der Waals surface area contributed by atoms with Crippen molar-refractivity contribution in [3.63, 3.8) is 0 Å². The largest absolute Gasteiger partial charge is 0.343 e. The van der Waals surface area contributed by atoms with Crippen molar-refractivity contribution in [3.05, 3.63) is 58.5 Å². The minimum absolute atomic E-state index is 0.00728. The summed E-state index contributed by atoms with van der Waals surface area (Å²) in [5, 5.41) is 12.8. The number of rotatable bonds is 7. The maximum absolute atomic E-state index is 12.4. The lowest BCUT2D eigenvalue weighted by molar-refractivity contribution is -0.115. The molecular weight excluding hydrogens is 444 g/mol. The van der Waals surface area contributed by atoms with Gasteiger partial charge in [0.05, 0.1) is 17.1 Å². The summed E-state index contributed by atoms with van der Waals surface area (Å²) in [5.74, 6) is -0.0381. The number of H-pyrrole nitrogens is 1. The Bertz CT molecular complexity index is 1200. The van der Waals surface area contributed by atoms with E-state index < -0.39 is 0 Å². The number of amides is 2. The Kier molecular flexibility index (Phi) is 7.05. The molecule has 2 amide bonds. The van der Waals surface area contributed by atoms with E-state index in [0.717, 1.165) is 10.4 Å². The van der Waals surface area contributed by atoms with Gasteiger partial charge in [0.25, 0.3) is 5.91 Å². The van der Waals surface area contributed by atoms with Gasteiger partial charge in [0.15, 0.2) is 15.7 Å². The van der Waals surface area contributed by atoms with Crippen LogP contribution in [0.25, 0.3) is 10.7 Å². The Morgan fingerprint density at radius 1 is 1.28 bits per heavy atom. The monoisotopic (exact) mass is 470 g/mol. The van der Waals surface area contributed by atoms with E-state index in [-0.39, 0.29) is 23.8 Å². The highest BCUT2D eigenvalue weighted by Gasteiger charge is 2.18. The smallest absolute Gasteiger partial charge is 0.251 e. The number of carbonyl (C=O) groups excluding carboxylic acids is 2. The molecule has 3 rings (SSSR count). The van der Waals surface area contributed by atoms with E-state index >= 15 is 0 Å². The highest BCUT2D eigenvalue weighted by atomic mass is 32.1. The van der Waals surface area contributed by atoms with Gasteiger partial charge < -0.3 is 10.6 Å². The first-order valence-corrected chi connectivity index (χ1v) is 11.2. The predicted octanol–water partition coefficient (Wildman–Crippen LogP) is 4.22. The van der Waals surface area contributed by atoms with Gasteiger partial charge in [-0.15, -0.1) is 6.58 Å². The number of nitrogens with one attached hydrogen (secondary N) is 3. The van der Waals surface area contributed by atoms with Gasteiger partial charge in [-0.05, 0) is 42.3 Å². The molecule has 2 aromatic heterocycles. The van der Waals surface area contributed by atoms with E-state index in [1.807, 2.05) is 19.1 Å². The van der Waals surface area contributed by atoms with Gasteiger partial charge in [-0.1, -0.05) is 50.3 Å². The number of hydrogen-bond acceptors (Lipinski definition) is 6. The quantitative estimate of drug-likeness (QED) is 0.354. The molecule has 0 atom stereocenters. The van der Waals surface area contributed by atoms with Crippen LogP contribution in [0.3, 0.4) is 0 Å². The zero-order valence-electron chi connectivity index (χ0n) is 18.5. The second-order valence-corrected chi connectivity index (χ2v) is 9.63. The van der Waals surface area contributed by atoms with Gasteiger partial charge in [-0.2, -0.15) is 5.10 Å². The molecule has 10 heteroatoms. The number of anilines is 1. The van der Waals surface area contributed by atoms with Crippen LogP contribution in [0.4, 0.5) is 5.13 Å². The number of benzene rings is 1. The van der Waals surface area contributed by atoms with Gasteiger partial charge in [0.1, 0.15) is 0 Å². The molecule has 0 fully saturated rings. The fourth-order valence-corrected chi connectivity index (χ4v) is 4.18. The molecule has 1 aromatic carbocycles. The molecule has 0 aliphatic heterocycles. The summed E-state index contributed by atoms with van der Waals surface area (Å²) in [6.07, 6.45) is 1.73. The molecule has 0 aliphatic rings. The Morgan fingerprint density at radius 2 is 1.97 bits per heavy atom. The Labute approximate surface area is 195 Å². The van der Waals surface area contributed by atoms with E-state index in [4.69, 9.17) is 12.2 Å². The molecule has 0 saturated carbocycles. The second kappa shape index (κ2) is 9.58. The van der Waals surface area contributed by atoms with Crippen molar-refractivity contribution < 1.29 is 9.59 Å². The van der Waals surface area contributed by atoms with Crippen LogP contribution < -0.4 is 10.6 Å². The maximum Gasteiger partial charge on any atom is 0.251 e. The average Bonchev–Trinajstić information content (AvgIpc) is 3.27. The van der Waals surface area contributed by atoms with Crippen LogP contribution in [0, 0.1) is 11.7 Å². The van der Waals surface area contributed by atoms with Crippen molar-refractivity contribution in [2.24, 2.45) is 0 Å². The van der Waals surface area contributed by atoms with Crippen LogP contribution in [0.1, 0.15) is 42.4 Å². The summed E-state index contributed by atoms with van der Waals surface area (Å²) in [5.41, 5.74) is 2.36. The number of aryl methyl sites for hydroxylation is 1. The first-order chi connectivity index (χ1) is 15.1. The third kappa shape index (κ3) is 5.38. The van der Waals surface area contributed by atoms with Gasteiger partial charge in [-0.3, -0.25) is 19.3 Å². The molecule has 0 radical (unpaired) electrons. The minimum Gasteiger partial charge on any atom is -0.343 e. The van der Waals surface area contributed by atoms with Gasteiger partial charge in [0.2, 0.25) is 5.91 Å². The molecule has 168 valence electrons. The third-order valence-corrected chi connectivity index (χ3v) is 6.12. The number of nitrogens with zero attached hydrogens (tertiary/aromatic N) is 3. The fraction of sp³-hybridized carbons (Fsp3) is 0.318. The zero-order valence-corrected chi connectivity index (χ0v) is 20.1. The standard InChI is InChI=1S/C22H26N6O2S2/c1-6-11-28-18(26-27-21(28)31)17-13(2)24-20(32-17)25-16(29)12-23-19(30)14-7-9-15(10-8-14)22(3,4)5/h6-10H,1,11-12H2,2-5H3,(H,23,30)(H,27,31)(H,24,25,29). The molecule has 8 nitrogen and oxygen atoms in total. The third-order valence-electron chi connectivity index (χ3n) is 4.74. The molecule has 0 spiro atoms. The van der Waals surface area contributed by atoms with Crippen LogP contribution in [-0.4, -0.2) is 38.1 Å². The summed E-state index contributed by atoms with van der Waals surface area (Å²) in [6, 6.07) is 7.38. The van der Waals surface area contributed by atoms with Crippen molar-refractivity contribution >= 4 is 40.5 Å². The van der Waals surface area contributed by atoms with Crippen LogP contribution in [0.5, 0.6) is 0 Å². The molecule has 0 unspecified atom stereocenters. The van der Waals surface area contributed by atoms with Crippen molar-refractivity contribution in [3.8, 4) is 10.7 Å². The van der Waals surface area contributed by atoms with Crippen molar-refractivity contribution in [1.29, 1.82) is 0 Å². The van der Waals surface area contributed by atoms with E-state index in [0.29, 0.717) is 33.5 Å². The Morgan fingerprint density at radius 3 is 2.59 bits per heavy atom. The van der Waals surface area contributed by atoms with Gasteiger partial charge >= 0.3 is 0 Å². The molecular formula is C22H26N6O2S2. The highest BCUT2D eigenvalue weighted by Crippen LogP contribution is 2.31. The lowest BCUT2D eigenvalue weighted by Gasteiger charge is -2.19. The SMILES string of the molecule is C=CCn1c(-c2sc(NC(=O)CNC(=O)c3ccc(C(C)(C)C)cc3)nc2C)n[nH]c1=S. The number of hydrogen-bond donors (Lipinski definition) is 3. The van der Waals surface area contributed by atoms with E-state index in [1.165, 1.54) is 11.3 Å². The lowest BCUT2D eigenvalue weighted by Crippen LogP contribution is -2.32. The van der Waals surface area contributed by atoms with E-state index in [9.17, 15) is 9.59 Å². The summed E-state index contributed by atoms with van der Waals surface area (Å²) < 4.78 is 2.29. The summed E-state index contributed by atoms with van der Waals surface area (Å²) >= 11 is 6.54. The Hall–Kier alpha value is -3.11. The average molecular weight is 471 g/mol. The van der Waals surface area contributed by atoms with Crippen LogP contribution >= 0.6 is 23.6 Å². The van der Waals surface area contributed by atoms with Crippen molar-refractivity contribution in [2.75, 3.05) is 11.9 Å². The molecule has 0 bridgehead atoms. The molecule has 3 aromatic rings. The number of carbonyl (C=O) groups is 2. The van der Waals surface area contributed by atoms with Crippen molar-refractivity contribution in [1.82, 2.24) is 25.1 Å². The molecule has 3 N–H and O–H groups in total. The lowest BCUT2D eigenvalue weighted by atomic mass is 9.87. The van der Waals surface area contributed by atoms with E-state index in [1.54, 1.807) is 22.8 Å². The van der Waals surface area contributed by atoms with E-state index in [2.05, 4.69) is 53.2 Å². The first-order valence-electron chi connectivity index (χ1n) is 10.0. The zero-order chi connectivity index (χ0) is 23.5. The van der Waals surface area contributed by atoms with Crippen molar-refractivity contribution in [2.45, 2.75) is 39.7 Å². The number of aromatic amines is 1. The summed E-state index contributed by atoms with van der Waals surface area (Å²) in [7, 11) is 0. The maximum atomic E-state index is 12.4. The summed E-state index contributed by atoms with van der Waals surface area (Å²) in [6.45, 7) is 12.2. The van der Waals surface area contributed by atoms with Crippen LogP contribution in [0.2, 0.25) is 0 Å². The highest BCUT2D eigenvalue weighted by molar-refractivity contribution is 7.71. The van der Waals surface area contributed by atoms with Gasteiger partial charge in [0, 0.05) is 12.1 Å². The summed E-state index contributed by atoms with van der Waals surface area (Å²) in [4.78, 5) is 29.9. The van der Waals surface area contributed by atoms with Crippen LogP contribution in [0.15, 0.2) is 36.9 Å².